The van der Waals surface area contributed by atoms with Crippen LogP contribution in [0.3, 0.4) is 0 Å². The van der Waals surface area contributed by atoms with Gasteiger partial charge in [0.05, 0.1) is 17.3 Å². The third-order valence-electron chi connectivity index (χ3n) is 3.96. The SMILES string of the molecule is CNC(=O)c1ccc(Cl)c(NCC(=O)N2CCN(C(C)=O)CC2)c1. The van der Waals surface area contributed by atoms with E-state index in [1.54, 1.807) is 35.0 Å². The minimum atomic E-state index is -0.221. The molecule has 2 rings (SSSR count). The lowest BCUT2D eigenvalue weighted by Gasteiger charge is -2.34. The fraction of sp³-hybridized carbons (Fsp3) is 0.438. The molecule has 1 fully saturated rings. The number of carbonyl (C=O) groups excluding carboxylic acids is 3. The topological polar surface area (TPSA) is 81.8 Å². The van der Waals surface area contributed by atoms with Gasteiger partial charge < -0.3 is 20.4 Å². The van der Waals surface area contributed by atoms with E-state index in [9.17, 15) is 14.4 Å². The van der Waals surface area contributed by atoms with Gasteiger partial charge in [0.25, 0.3) is 5.91 Å². The molecule has 0 spiro atoms. The first-order valence-electron chi connectivity index (χ1n) is 7.71. The Kier molecular flexibility index (Phi) is 6.03. The van der Waals surface area contributed by atoms with Crippen LogP contribution in [-0.4, -0.2) is 67.3 Å². The predicted molar refractivity (Wildman–Crippen MR) is 92.2 cm³/mol. The highest BCUT2D eigenvalue weighted by atomic mass is 35.5. The Hall–Kier alpha value is -2.28. The van der Waals surface area contributed by atoms with E-state index < -0.39 is 0 Å². The number of hydrogen-bond acceptors (Lipinski definition) is 4. The summed E-state index contributed by atoms with van der Waals surface area (Å²) in [6.45, 7) is 3.75. The Morgan fingerprint density at radius 2 is 1.75 bits per heavy atom. The fourth-order valence-electron chi connectivity index (χ4n) is 2.50. The highest BCUT2D eigenvalue weighted by Crippen LogP contribution is 2.23. The molecule has 0 unspecified atom stereocenters. The monoisotopic (exact) mass is 352 g/mol. The number of carbonyl (C=O) groups is 3. The van der Waals surface area contributed by atoms with Gasteiger partial charge in [0, 0.05) is 45.7 Å². The van der Waals surface area contributed by atoms with Crippen LogP contribution in [0.1, 0.15) is 17.3 Å². The number of halogens is 1. The lowest BCUT2D eigenvalue weighted by atomic mass is 10.2. The molecule has 24 heavy (non-hydrogen) atoms. The zero-order valence-electron chi connectivity index (χ0n) is 13.8. The Morgan fingerprint density at radius 3 is 2.33 bits per heavy atom. The Morgan fingerprint density at radius 1 is 1.12 bits per heavy atom. The van der Waals surface area contributed by atoms with Crippen LogP contribution in [0, 0.1) is 0 Å². The molecule has 0 aliphatic carbocycles. The maximum absolute atomic E-state index is 12.3. The van der Waals surface area contributed by atoms with Gasteiger partial charge in [0.15, 0.2) is 0 Å². The summed E-state index contributed by atoms with van der Waals surface area (Å²) in [5.41, 5.74) is 1.00. The van der Waals surface area contributed by atoms with Gasteiger partial charge in [-0.3, -0.25) is 14.4 Å². The molecule has 1 aromatic rings. The Labute approximate surface area is 145 Å². The summed E-state index contributed by atoms with van der Waals surface area (Å²) in [5.74, 6) is -0.265. The summed E-state index contributed by atoms with van der Waals surface area (Å²) in [7, 11) is 1.55. The lowest BCUT2D eigenvalue weighted by Crippen LogP contribution is -2.51. The first-order chi connectivity index (χ1) is 11.4. The lowest BCUT2D eigenvalue weighted by molar-refractivity contribution is -0.137. The van der Waals surface area contributed by atoms with Gasteiger partial charge in [0.2, 0.25) is 11.8 Å². The minimum absolute atomic E-state index is 0.0259. The van der Waals surface area contributed by atoms with E-state index in [1.165, 1.54) is 6.92 Å². The van der Waals surface area contributed by atoms with Gasteiger partial charge in [-0.2, -0.15) is 0 Å². The summed E-state index contributed by atoms with van der Waals surface area (Å²) >= 11 is 6.10. The van der Waals surface area contributed by atoms with E-state index in [0.29, 0.717) is 42.5 Å². The molecule has 0 saturated carbocycles. The molecule has 1 aromatic carbocycles. The van der Waals surface area contributed by atoms with Gasteiger partial charge in [0.1, 0.15) is 0 Å². The summed E-state index contributed by atoms with van der Waals surface area (Å²) in [5, 5.41) is 5.96. The minimum Gasteiger partial charge on any atom is -0.375 e. The van der Waals surface area contributed by atoms with E-state index >= 15 is 0 Å². The molecule has 8 heteroatoms. The maximum Gasteiger partial charge on any atom is 0.251 e. The van der Waals surface area contributed by atoms with E-state index in [4.69, 9.17) is 11.6 Å². The normalized spacial score (nSPS) is 14.3. The number of hydrogen-bond donors (Lipinski definition) is 2. The number of nitrogens with zero attached hydrogens (tertiary/aromatic N) is 2. The molecule has 0 radical (unpaired) electrons. The average Bonchev–Trinajstić information content (AvgIpc) is 2.60. The average molecular weight is 353 g/mol. The summed E-state index contributed by atoms with van der Waals surface area (Å²) < 4.78 is 0. The Balaban J connectivity index is 1.92. The van der Waals surface area contributed by atoms with Crippen molar-refractivity contribution in [3.05, 3.63) is 28.8 Å². The number of anilines is 1. The quantitative estimate of drug-likeness (QED) is 0.840. The van der Waals surface area contributed by atoms with E-state index in [-0.39, 0.29) is 24.3 Å². The summed E-state index contributed by atoms with van der Waals surface area (Å²) in [4.78, 5) is 38.7. The van der Waals surface area contributed by atoms with Crippen LogP contribution < -0.4 is 10.6 Å². The van der Waals surface area contributed by atoms with Gasteiger partial charge in [-0.1, -0.05) is 11.6 Å². The molecule has 0 aromatic heterocycles. The van der Waals surface area contributed by atoms with Gasteiger partial charge in [-0.25, -0.2) is 0 Å². The maximum atomic E-state index is 12.3. The molecule has 3 amide bonds. The summed E-state index contributed by atoms with van der Waals surface area (Å²) in [6.07, 6.45) is 0. The molecular formula is C16H21ClN4O3. The van der Waals surface area contributed by atoms with Crippen LogP contribution in [0.25, 0.3) is 0 Å². The van der Waals surface area contributed by atoms with E-state index in [2.05, 4.69) is 10.6 Å². The smallest absolute Gasteiger partial charge is 0.251 e. The Bertz CT molecular complexity index is 642. The van der Waals surface area contributed by atoms with Crippen molar-refractivity contribution in [3.8, 4) is 0 Å². The van der Waals surface area contributed by atoms with Gasteiger partial charge in [-0.15, -0.1) is 0 Å². The second-order valence-corrected chi connectivity index (χ2v) is 5.92. The first-order valence-corrected chi connectivity index (χ1v) is 8.09. The van der Waals surface area contributed by atoms with Crippen molar-refractivity contribution in [2.75, 3.05) is 45.1 Å². The van der Waals surface area contributed by atoms with Crippen molar-refractivity contribution in [1.29, 1.82) is 0 Å². The molecular weight excluding hydrogens is 332 g/mol. The third kappa shape index (κ3) is 4.38. The number of rotatable bonds is 4. The number of piperazine rings is 1. The fourth-order valence-corrected chi connectivity index (χ4v) is 2.68. The van der Waals surface area contributed by atoms with Crippen LogP contribution in [0.5, 0.6) is 0 Å². The highest BCUT2D eigenvalue weighted by molar-refractivity contribution is 6.33. The molecule has 0 bridgehead atoms. The zero-order valence-corrected chi connectivity index (χ0v) is 14.5. The largest absolute Gasteiger partial charge is 0.375 e. The number of nitrogens with one attached hydrogen (secondary N) is 2. The zero-order chi connectivity index (χ0) is 17.7. The van der Waals surface area contributed by atoms with E-state index in [1.807, 2.05) is 0 Å². The molecule has 1 aliphatic rings. The van der Waals surface area contributed by atoms with Crippen molar-refractivity contribution in [3.63, 3.8) is 0 Å². The molecule has 1 heterocycles. The van der Waals surface area contributed by atoms with Crippen molar-refractivity contribution in [2.24, 2.45) is 0 Å². The van der Waals surface area contributed by atoms with Crippen molar-refractivity contribution in [1.82, 2.24) is 15.1 Å². The molecule has 1 saturated heterocycles. The van der Waals surface area contributed by atoms with E-state index in [0.717, 1.165) is 0 Å². The van der Waals surface area contributed by atoms with Gasteiger partial charge in [-0.05, 0) is 18.2 Å². The molecule has 7 nitrogen and oxygen atoms in total. The second-order valence-electron chi connectivity index (χ2n) is 5.51. The van der Waals surface area contributed by atoms with Crippen LogP contribution >= 0.6 is 11.6 Å². The number of amides is 3. The number of benzene rings is 1. The molecule has 2 N–H and O–H groups in total. The summed E-state index contributed by atoms with van der Waals surface area (Å²) in [6, 6.07) is 4.85. The predicted octanol–water partition coefficient (Wildman–Crippen LogP) is 0.802. The molecule has 1 aliphatic heterocycles. The second kappa shape index (κ2) is 8.01. The molecule has 130 valence electrons. The van der Waals surface area contributed by atoms with Crippen LogP contribution in [0.15, 0.2) is 18.2 Å². The standard InChI is InChI=1S/C16H21ClN4O3/c1-11(22)20-5-7-21(8-6-20)15(23)10-19-14-9-12(16(24)18-2)3-4-13(14)17/h3-4,9,19H,5-8,10H2,1-2H3,(H,18,24). The highest BCUT2D eigenvalue weighted by Gasteiger charge is 2.22. The van der Waals surface area contributed by atoms with Crippen LogP contribution in [0.4, 0.5) is 5.69 Å². The first kappa shape index (κ1) is 18.1. The third-order valence-corrected chi connectivity index (χ3v) is 4.29. The van der Waals surface area contributed by atoms with Crippen molar-refractivity contribution >= 4 is 35.0 Å². The van der Waals surface area contributed by atoms with Crippen molar-refractivity contribution in [2.45, 2.75) is 6.92 Å². The van der Waals surface area contributed by atoms with Crippen LogP contribution in [-0.2, 0) is 9.59 Å². The van der Waals surface area contributed by atoms with Crippen LogP contribution in [0.2, 0.25) is 5.02 Å². The molecule has 0 atom stereocenters. The van der Waals surface area contributed by atoms with Crippen molar-refractivity contribution < 1.29 is 14.4 Å². The van der Waals surface area contributed by atoms with Gasteiger partial charge >= 0.3 is 0 Å².